The highest BCUT2D eigenvalue weighted by atomic mass is 16.4. The number of carbonyl (C=O) groups is 1. The van der Waals surface area contributed by atoms with Gasteiger partial charge < -0.3 is 15.7 Å². The van der Waals surface area contributed by atoms with Gasteiger partial charge in [-0.3, -0.25) is 4.79 Å². The highest BCUT2D eigenvalue weighted by Crippen LogP contribution is 2.20. The number of rotatable bonds is 4. The van der Waals surface area contributed by atoms with Gasteiger partial charge in [0.15, 0.2) is 0 Å². The minimum absolute atomic E-state index is 0.385. The largest absolute Gasteiger partial charge is 0.480 e. The van der Waals surface area contributed by atoms with Crippen LogP contribution in [0.2, 0.25) is 0 Å². The zero-order chi connectivity index (χ0) is 13.7. The number of anilines is 1. The van der Waals surface area contributed by atoms with Crippen LogP contribution in [0, 0.1) is 0 Å². The van der Waals surface area contributed by atoms with Crippen molar-refractivity contribution in [3.63, 3.8) is 0 Å². The van der Waals surface area contributed by atoms with Crippen LogP contribution in [0.15, 0.2) is 24.3 Å². The Balaban J connectivity index is 1.99. The van der Waals surface area contributed by atoms with E-state index < -0.39 is 12.0 Å². The molecule has 0 bridgehead atoms. The molecule has 3 N–H and O–H groups in total. The van der Waals surface area contributed by atoms with E-state index in [1.165, 1.54) is 31.4 Å². The Kier molecular flexibility index (Phi) is 4.80. The van der Waals surface area contributed by atoms with Crippen molar-refractivity contribution in [2.24, 2.45) is 5.73 Å². The number of benzene rings is 1. The third-order valence-electron chi connectivity index (χ3n) is 3.68. The predicted octanol–water partition coefficient (Wildman–Crippen LogP) is 2.02. The van der Waals surface area contributed by atoms with Gasteiger partial charge in [-0.15, -0.1) is 0 Å². The number of aliphatic carboxylic acids is 1. The summed E-state index contributed by atoms with van der Waals surface area (Å²) in [7, 11) is 0. The minimum atomic E-state index is -0.948. The maximum atomic E-state index is 10.7. The van der Waals surface area contributed by atoms with Crippen LogP contribution in [0.25, 0.3) is 0 Å². The van der Waals surface area contributed by atoms with Gasteiger partial charge in [-0.1, -0.05) is 25.0 Å². The van der Waals surface area contributed by atoms with Crippen molar-refractivity contribution in [1.82, 2.24) is 0 Å². The number of hydrogen-bond acceptors (Lipinski definition) is 3. The van der Waals surface area contributed by atoms with E-state index in [1.54, 1.807) is 0 Å². The zero-order valence-corrected chi connectivity index (χ0v) is 11.2. The molecule has 1 aromatic rings. The van der Waals surface area contributed by atoms with Crippen LogP contribution >= 0.6 is 0 Å². The normalized spacial score (nSPS) is 17.8. The van der Waals surface area contributed by atoms with Gasteiger partial charge in [0, 0.05) is 18.8 Å². The smallest absolute Gasteiger partial charge is 0.320 e. The van der Waals surface area contributed by atoms with Crippen LogP contribution in [0.5, 0.6) is 0 Å². The second-order valence-electron chi connectivity index (χ2n) is 5.22. The van der Waals surface area contributed by atoms with Crippen LogP contribution in [0.1, 0.15) is 31.2 Å². The van der Waals surface area contributed by atoms with E-state index in [0.29, 0.717) is 6.42 Å². The Morgan fingerprint density at radius 1 is 1.16 bits per heavy atom. The molecule has 0 amide bonds. The van der Waals surface area contributed by atoms with Gasteiger partial charge in [0.1, 0.15) is 6.04 Å². The molecule has 4 heteroatoms. The summed E-state index contributed by atoms with van der Waals surface area (Å²) in [6.07, 6.45) is 5.54. The quantitative estimate of drug-likeness (QED) is 0.871. The van der Waals surface area contributed by atoms with Gasteiger partial charge in [-0.25, -0.2) is 0 Å². The molecule has 0 aliphatic carbocycles. The van der Waals surface area contributed by atoms with Crippen LogP contribution in [-0.4, -0.2) is 30.2 Å². The molecule has 19 heavy (non-hydrogen) atoms. The first kappa shape index (κ1) is 13.9. The van der Waals surface area contributed by atoms with Crippen LogP contribution in [-0.2, 0) is 11.2 Å². The first-order valence-electron chi connectivity index (χ1n) is 6.99. The second-order valence-corrected chi connectivity index (χ2v) is 5.22. The van der Waals surface area contributed by atoms with Gasteiger partial charge >= 0.3 is 5.97 Å². The second kappa shape index (κ2) is 6.57. The lowest BCUT2D eigenvalue weighted by atomic mass is 10.1. The fraction of sp³-hybridized carbons (Fsp3) is 0.533. The molecule has 1 atom stereocenters. The fourth-order valence-electron chi connectivity index (χ4n) is 2.51. The molecule has 0 spiro atoms. The predicted molar refractivity (Wildman–Crippen MR) is 76.4 cm³/mol. The molecule has 4 nitrogen and oxygen atoms in total. The Hall–Kier alpha value is -1.55. The lowest BCUT2D eigenvalue weighted by Gasteiger charge is -2.22. The zero-order valence-electron chi connectivity index (χ0n) is 11.2. The fourth-order valence-corrected chi connectivity index (χ4v) is 2.51. The molecule has 1 fully saturated rings. The minimum Gasteiger partial charge on any atom is -0.480 e. The third kappa shape index (κ3) is 3.96. The first-order valence-corrected chi connectivity index (χ1v) is 6.99. The molecule has 1 saturated heterocycles. The average molecular weight is 262 g/mol. The molecule has 104 valence electrons. The summed E-state index contributed by atoms with van der Waals surface area (Å²) in [5.41, 5.74) is 7.75. The number of carboxylic acids is 1. The molecular formula is C15H22N2O2. The number of hydrogen-bond donors (Lipinski definition) is 2. The Bertz CT molecular complexity index is 409. The monoisotopic (exact) mass is 262 g/mol. The van der Waals surface area contributed by atoms with Crippen LogP contribution < -0.4 is 10.6 Å². The van der Waals surface area contributed by atoms with Gasteiger partial charge in [-0.2, -0.15) is 0 Å². The molecule has 0 unspecified atom stereocenters. The summed E-state index contributed by atoms with van der Waals surface area (Å²) in [5.74, 6) is -0.948. The molecule has 0 aromatic heterocycles. The number of nitrogens with two attached hydrogens (primary N) is 1. The molecule has 2 rings (SSSR count). The maximum absolute atomic E-state index is 10.7. The lowest BCUT2D eigenvalue weighted by Crippen LogP contribution is -2.32. The highest BCUT2D eigenvalue weighted by molar-refractivity contribution is 5.73. The third-order valence-corrected chi connectivity index (χ3v) is 3.68. The number of carboxylic acid groups (broad SMARTS) is 1. The molecule has 1 heterocycles. The van der Waals surface area contributed by atoms with Crippen LogP contribution in [0.4, 0.5) is 5.69 Å². The summed E-state index contributed by atoms with van der Waals surface area (Å²) >= 11 is 0. The summed E-state index contributed by atoms with van der Waals surface area (Å²) in [6.45, 7) is 2.24. The van der Waals surface area contributed by atoms with Gasteiger partial charge in [0.25, 0.3) is 0 Å². The summed E-state index contributed by atoms with van der Waals surface area (Å²) in [5, 5.41) is 8.80. The Morgan fingerprint density at radius 2 is 1.74 bits per heavy atom. The average Bonchev–Trinajstić information content (AvgIpc) is 2.68. The van der Waals surface area contributed by atoms with E-state index >= 15 is 0 Å². The van der Waals surface area contributed by atoms with E-state index in [-0.39, 0.29) is 0 Å². The van der Waals surface area contributed by atoms with Crippen molar-refractivity contribution < 1.29 is 9.90 Å². The number of nitrogens with zero attached hydrogens (tertiary/aromatic N) is 1. The summed E-state index contributed by atoms with van der Waals surface area (Å²) in [4.78, 5) is 13.1. The molecular weight excluding hydrogens is 240 g/mol. The topological polar surface area (TPSA) is 66.6 Å². The molecule has 1 aromatic carbocycles. The highest BCUT2D eigenvalue weighted by Gasteiger charge is 2.13. The van der Waals surface area contributed by atoms with E-state index in [0.717, 1.165) is 18.7 Å². The molecule has 1 aliphatic rings. The van der Waals surface area contributed by atoms with Crippen molar-refractivity contribution in [2.45, 2.75) is 38.1 Å². The van der Waals surface area contributed by atoms with Crippen molar-refractivity contribution in [3.05, 3.63) is 29.8 Å². The lowest BCUT2D eigenvalue weighted by molar-refractivity contribution is -0.138. The van der Waals surface area contributed by atoms with Gasteiger partial charge in [0.2, 0.25) is 0 Å². The summed E-state index contributed by atoms with van der Waals surface area (Å²) in [6, 6.07) is 7.32. The van der Waals surface area contributed by atoms with E-state index in [1.807, 2.05) is 12.1 Å². The van der Waals surface area contributed by atoms with E-state index in [9.17, 15) is 4.79 Å². The molecule has 0 radical (unpaired) electrons. The SMILES string of the molecule is N[C@@H](Cc1ccc(N2CCCCCC2)cc1)C(=O)O. The Labute approximate surface area is 114 Å². The van der Waals surface area contributed by atoms with Crippen molar-refractivity contribution in [3.8, 4) is 0 Å². The van der Waals surface area contributed by atoms with Gasteiger partial charge in [0.05, 0.1) is 0 Å². The standard InChI is InChI=1S/C15H22N2O2/c16-14(15(18)19)11-12-5-7-13(8-6-12)17-9-3-1-2-4-10-17/h5-8,14H,1-4,9-11,16H2,(H,18,19)/t14-/m0/s1. The van der Waals surface area contributed by atoms with Crippen molar-refractivity contribution >= 4 is 11.7 Å². The summed E-state index contributed by atoms with van der Waals surface area (Å²) < 4.78 is 0. The first-order chi connectivity index (χ1) is 9.16. The van der Waals surface area contributed by atoms with Crippen molar-refractivity contribution in [2.75, 3.05) is 18.0 Å². The van der Waals surface area contributed by atoms with Gasteiger partial charge in [-0.05, 0) is 37.0 Å². The molecule has 0 saturated carbocycles. The van der Waals surface area contributed by atoms with Crippen molar-refractivity contribution in [1.29, 1.82) is 0 Å². The van der Waals surface area contributed by atoms with E-state index in [4.69, 9.17) is 10.8 Å². The van der Waals surface area contributed by atoms with Crippen LogP contribution in [0.3, 0.4) is 0 Å². The van der Waals surface area contributed by atoms with E-state index in [2.05, 4.69) is 17.0 Å². The Morgan fingerprint density at radius 3 is 2.26 bits per heavy atom. The maximum Gasteiger partial charge on any atom is 0.320 e. The molecule has 1 aliphatic heterocycles.